The van der Waals surface area contributed by atoms with Gasteiger partial charge in [-0.15, -0.1) is 0 Å². The summed E-state index contributed by atoms with van der Waals surface area (Å²) in [6.45, 7) is 0.164. The number of benzene rings is 2. The Morgan fingerprint density at radius 3 is 3.00 bits per heavy atom. The molecule has 134 valence electrons. The number of halogens is 1. The number of hydrogen-bond acceptors (Lipinski definition) is 7. The quantitative estimate of drug-likeness (QED) is 0.487. The number of nitrogens with one attached hydrogen (secondary N) is 3. The maximum Gasteiger partial charge on any atom is 0.231 e. The van der Waals surface area contributed by atoms with Crippen molar-refractivity contribution in [3.8, 4) is 11.5 Å². The molecule has 0 saturated heterocycles. The van der Waals surface area contributed by atoms with Crippen LogP contribution >= 0.6 is 11.6 Å². The van der Waals surface area contributed by atoms with Gasteiger partial charge in [0.25, 0.3) is 0 Å². The van der Waals surface area contributed by atoms with Crippen LogP contribution in [0.5, 0.6) is 11.5 Å². The van der Waals surface area contributed by atoms with E-state index in [0.717, 1.165) is 16.6 Å². The Morgan fingerprint density at radius 1 is 1.07 bits per heavy atom. The zero-order valence-corrected chi connectivity index (χ0v) is 14.6. The first-order chi connectivity index (χ1) is 13.3. The first-order valence-corrected chi connectivity index (χ1v) is 8.52. The molecule has 0 unspecified atom stereocenters. The summed E-state index contributed by atoms with van der Waals surface area (Å²) in [6, 6.07) is 11.1. The summed E-state index contributed by atoms with van der Waals surface area (Å²) >= 11 is 6.31. The molecule has 9 heteroatoms. The van der Waals surface area contributed by atoms with Gasteiger partial charge in [0.15, 0.2) is 11.5 Å². The molecular formula is C18H13ClN6O2. The number of ether oxygens (including phenoxy) is 2. The molecule has 3 heterocycles. The van der Waals surface area contributed by atoms with E-state index in [1.807, 2.05) is 18.2 Å². The van der Waals surface area contributed by atoms with E-state index >= 15 is 0 Å². The van der Waals surface area contributed by atoms with Gasteiger partial charge in [0.05, 0.1) is 16.7 Å². The minimum absolute atomic E-state index is 0.164. The molecule has 3 N–H and O–H groups in total. The smallest absolute Gasteiger partial charge is 0.231 e. The minimum atomic E-state index is 0.164. The summed E-state index contributed by atoms with van der Waals surface area (Å²) in [4.78, 5) is 8.75. The molecule has 0 spiro atoms. The molecule has 27 heavy (non-hydrogen) atoms. The maximum absolute atomic E-state index is 6.31. The van der Waals surface area contributed by atoms with Crippen LogP contribution in [0.4, 0.5) is 23.1 Å². The molecule has 1 aliphatic rings. The SMILES string of the molecule is Clc1ccc2c(c1Nc1ccnc(Nc3ccc4cn[nH]c4c3)n1)OCO2. The van der Waals surface area contributed by atoms with Crippen LogP contribution in [0.25, 0.3) is 10.9 Å². The van der Waals surface area contributed by atoms with Gasteiger partial charge in [-0.2, -0.15) is 10.1 Å². The molecule has 4 aromatic rings. The largest absolute Gasteiger partial charge is 0.454 e. The average Bonchev–Trinajstić information content (AvgIpc) is 3.33. The zero-order chi connectivity index (χ0) is 18.2. The molecule has 0 atom stereocenters. The molecule has 0 aliphatic carbocycles. The van der Waals surface area contributed by atoms with E-state index in [1.54, 1.807) is 30.6 Å². The number of H-pyrrole nitrogens is 1. The molecule has 0 saturated carbocycles. The van der Waals surface area contributed by atoms with E-state index in [-0.39, 0.29) is 6.79 Å². The Balaban J connectivity index is 1.42. The van der Waals surface area contributed by atoms with Crippen LogP contribution in [0.15, 0.2) is 48.8 Å². The van der Waals surface area contributed by atoms with Crippen LogP contribution in [-0.2, 0) is 0 Å². The van der Waals surface area contributed by atoms with Gasteiger partial charge in [-0.3, -0.25) is 5.10 Å². The van der Waals surface area contributed by atoms with Crippen molar-refractivity contribution >= 4 is 45.6 Å². The Hall–Kier alpha value is -3.52. The maximum atomic E-state index is 6.31. The third kappa shape index (κ3) is 2.96. The van der Waals surface area contributed by atoms with E-state index < -0.39 is 0 Å². The number of rotatable bonds is 4. The van der Waals surface area contributed by atoms with Crippen molar-refractivity contribution in [1.29, 1.82) is 0 Å². The van der Waals surface area contributed by atoms with E-state index in [0.29, 0.717) is 34.0 Å². The van der Waals surface area contributed by atoms with Crippen molar-refractivity contribution in [2.45, 2.75) is 0 Å². The molecule has 8 nitrogen and oxygen atoms in total. The van der Waals surface area contributed by atoms with Crippen LogP contribution in [0, 0.1) is 0 Å². The second-order valence-electron chi connectivity index (χ2n) is 5.84. The number of nitrogens with zero attached hydrogens (tertiary/aromatic N) is 3. The lowest BCUT2D eigenvalue weighted by molar-refractivity contribution is 0.174. The summed E-state index contributed by atoms with van der Waals surface area (Å²) in [5.74, 6) is 2.23. The summed E-state index contributed by atoms with van der Waals surface area (Å²) in [5.41, 5.74) is 2.38. The Bertz CT molecular complexity index is 1150. The van der Waals surface area contributed by atoms with Crippen LogP contribution in [0.1, 0.15) is 0 Å². The van der Waals surface area contributed by atoms with E-state index in [4.69, 9.17) is 21.1 Å². The highest BCUT2D eigenvalue weighted by molar-refractivity contribution is 6.33. The zero-order valence-electron chi connectivity index (χ0n) is 13.9. The lowest BCUT2D eigenvalue weighted by Gasteiger charge is -2.11. The third-order valence-corrected chi connectivity index (χ3v) is 4.41. The van der Waals surface area contributed by atoms with Gasteiger partial charge in [0.1, 0.15) is 11.5 Å². The minimum Gasteiger partial charge on any atom is -0.454 e. The van der Waals surface area contributed by atoms with E-state index in [2.05, 4.69) is 30.8 Å². The fourth-order valence-electron chi connectivity index (χ4n) is 2.83. The van der Waals surface area contributed by atoms with Gasteiger partial charge in [-0.05, 0) is 36.4 Å². The van der Waals surface area contributed by atoms with E-state index in [1.165, 1.54) is 0 Å². The van der Waals surface area contributed by atoms with E-state index in [9.17, 15) is 0 Å². The van der Waals surface area contributed by atoms with Gasteiger partial charge < -0.3 is 20.1 Å². The number of aromatic amines is 1. The normalized spacial score (nSPS) is 12.3. The Morgan fingerprint density at radius 2 is 2.04 bits per heavy atom. The average molecular weight is 381 g/mol. The first kappa shape index (κ1) is 15.7. The van der Waals surface area contributed by atoms with Crippen molar-refractivity contribution in [2.24, 2.45) is 0 Å². The Labute approximate surface area is 158 Å². The summed E-state index contributed by atoms with van der Waals surface area (Å²) < 4.78 is 10.9. The molecule has 1 aliphatic heterocycles. The van der Waals surface area contributed by atoms with Gasteiger partial charge in [-0.25, -0.2) is 4.98 Å². The van der Waals surface area contributed by atoms with Gasteiger partial charge in [0.2, 0.25) is 12.7 Å². The topological polar surface area (TPSA) is 97.0 Å². The van der Waals surface area contributed by atoms with Crippen molar-refractivity contribution in [3.05, 3.63) is 53.8 Å². The van der Waals surface area contributed by atoms with Crippen molar-refractivity contribution in [2.75, 3.05) is 17.4 Å². The summed E-state index contributed by atoms with van der Waals surface area (Å²) in [7, 11) is 0. The van der Waals surface area contributed by atoms with Crippen molar-refractivity contribution in [3.63, 3.8) is 0 Å². The van der Waals surface area contributed by atoms with Gasteiger partial charge in [0, 0.05) is 17.3 Å². The number of anilines is 4. The third-order valence-electron chi connectivity index (χ3n) is 4.10. The van der Waals surface area contributed by atoms with Crippen LogP contribution in [-0.4, -0.2) is 27.0 Å². The predicted octanol–water partition coefficient (Wildman–Crippen LogP) is 4.22. The highest BCUT2D eigenvalue weighted by Gasteiger charge is 2.21. The summed E-state index contributed by atoms with van der Waals surface area (Å²) in [6.07, 6.45) is 3.43. The molecule has 0 amide bonds. The van der Waals surface area contributed by atoms with Crippen molar-refractivity contribution in [1.82, 2.24) is 20.2 Å². The molecule has 0 fully saturated rings. The van der Waals surface area contributed by atoms with Crippen LogP contribution in [0.3, 0.4) is 0 Å². The second kappa shape index (κ2) is 6.33. The molecule has 2 aromatic heterocycles. The summed E-state index contributed by atoms with van der Waals surface area (Å²) in [5, 5.41) is 14.9. The highest BCUT2D eigenvalue weighted by atomic mass is 35.5. The second-order valence-corrected chi connectivity index (χ2v) is 6.25. The van der Waals surface area contributed by atoms with Crippen LogP contribution < -0.4 is 20.1 Å². The van der Waals surface area contributed by atoms with Crippen molar-refractivity contribution < 1.29 is 9.47 Å². The monoisotopic (exact) mass is 380 g/mol. The molecule has 0 bridgehead atoms. The fourth-order valence-corrected chi connectivity index (χ4v) is 3.02. The lowest BCUT2D eigenvalue weighted by Crippen LogP contribution is -2.01. The molecule has 5 rings (SSSR count). The standard InChI is InChI=1S/C18H13ClN6O2/c19-12-3-4-14-17(27-9-26-14)16(12)23-15-5-6-20-18(24-15)22-11-2-1-10-8-21-25-13(10)7-11/h1-8H,9H2,(H,21,25)(H2,20,22,23,24). The van der Waals surface area contributed by atoms with Crippen LogP contribution in [0.2, 0.25) is 5.02 Å². The molecule has 2 aromatic carbocycles. The van der Waals surface area contributed by atoms with Gasteiger partial charge >= 0.3 is 0 Å². The molecular weight excluding hydrogens is 368 g/mol. The van der Waals surface area contributed by atoms with Gasteiger partial charge in [-0.1, -0.05) is 11.6 Å². The Kier molecular flexibility index (Phi) is 3.68. The first-order valence-electron chi connectivity index (χ1n) is 8.14. The highest BCUT2D eigenvalue weighted by Crippen LogP contribution is 2.44. The lowest BCUT2D eigenvalue weighted by atomic mass is 10.2. The number of aromatic nitrogens is 4. The number of fused-ring (bicyclic) bond motifs is 2. The number of hydrogen-bond donors (Lipinski definition) is 3. The predicted molar refractivity (Wildman–Crippen MR) is 102 cm³/mol. The molecule has 0 radical (unpaired) electrons. The fraction of sp³-hybridized carbons (Fsp3) is 0.0556.